The zero-order valence-electron chi connectivity index (χ0n) is 20.9. The lowest BCUT2D eigenvalue weighted by Crippen LogP contribution is -2.36. The predicted octanol–water partition coefficient (Wildman–Crippen LogP) is 3.88. The lowest BCUT2D eigenvalue weighted by molar-refractivity contribution is 0.122. The molecule has 0 aliphatic carbocycles. The molecule has 37 heavy (non-hydrogen) atoms. The molecular weight excluding hydrogens is 472 g/mol. The maximum Gasteiger partial charge on any atom is 0.320 e. The number of methoxy groups -OCH3 is 2. The molecule has 1 fully saturated rings. The molecule has 2 aromatic carbocycles. The Bertz CT molecular complexity index is 1370. The van der Waals surface area contributed by atoms with E-state index < -0.39 is 0 Å². The fourth-order valence-corrected chi connectivity index (χ4v) is 4.15. The van der Waals surface area contributed by atoms with E-state index in [0.29, 0.717) is 43.6 Å². The van der Waals surface area contributed by atoms with Crippen LogP contribution in [0, 0.1) is 0 Å². The number of anilines is 2. The van der Waals surface area contributed by atoms with Crippen LogP contribution in [0.3, 0.4) is 0 Å². The van der Waals surface area contributed by atoms with Crippen LogP contribution in [0.15, 0.2) is 59.8 Å². The third-order valence-electron chi connectivity index (χ3n) is 6.10. The molecule has 2 N–H and O–H groups in total. The molecule has 1 aliphatic rings. The van der Waals surface area contributed by atoms with Crippen LogP contribution in [0.1, 0.15) is 11.1 Å². The van der Waals surface area contributed by atoms with Gasteiger partial charge in [-0.15, -0.1) is 0 Å². The lowest BCUT2D eigenvalue weighted by atomic mass is 10.1. The third-order valence-corrected chi connectivity index (χ3v) is 6.10. The van der Waals surface area contributed by atoms with E-state index in [2.05, 4.69) is 36.4 Å². The van der Waals surface area contributed by atoms with Crippen LogP contribution in [0.25, 0.3) is 10.9 Å². The van der Waals surface area contributed by atoms with Crippen molar-refractivity contribution in [3.63, 3.8) is 0 Å². The Morgan fingerprint density at radius 3 is 2.73 bits per heavy atom. The van der Waals surface area contributed by atoms with Crippen molar-refractivity contribution in [2.24, 2.45) is 5.10 Å². The summed E-state index contributed by atoms with van der Waals surface area (Å²) in [7, 11) is 3.24. The zero-order chi connectivity index (χ0) is 25.5. The highest BCUT2D eigenvalue weighted by Gasteiger charge is 2.16. The molecule has 4 aromatic rings. The highest BCUT2D eigenvalue weighted by molar-refractivity contribution is 5.99. The smallest absolute Gasteiger partial charge is 0.320 e. The molecule has 0 spiro atoms. The number of ether oxygens (including phenoxy) is 4. The van der Waals surface area contributed by atoms with Gasteiger partial charge in [0, 0.05) is 48.2 Å². The van der Waals surface area contributed by atoms with Crippen LogP contribution in [-0.2, 0) is 11.2 Å². The van der Waals surface area contributed by atoms with E-state index in [-0.39, 0.29) is 6.01 Å². The van der Waals surface area contributed by atoms with E-state index in [0.717, 1.165) is 40.9 Å². The molecule has 10 heteroatoms. The van der Waals surface area contributed by atoms with Gasteiger partial charge in [0.2, 0.25) is 0 Å². The Morgan fingerprint density at radius 2 is 1.89 bits per heavy atom. The fraction of sp³-hybridized carbons (Fsp3) is 0.296. The lowest BCUT2D eigenvalue weighted by Gasteiger charge is -2.28. The highest BCUT2D eigenvalue weighted by Crippen LogP contribution is 2.28. The topological polar surface area (TPSA) is 106 Å². The molecule has 0 atom stereocenters. The molecule has 0 radical (unpaired) electrons. The van der Waals surface area contributed by atoms with Gasteiger partial charge in [-0.1, -0.05) is 24.3 Å². The van der Waals surface area contributed by atoms with E-state index in [4.69, 9.17) is 18.9 Å². The van der Waals surface area contributed by atoms with Crippen LogP contribution in [0.5, 0.6) is 17.5 Å². The van der Waals surface area contributed by atoms with Gasteiger partial charge >= 0.3 is 6.01 Å². The van der Waals surface area contributed by atoms with Crippen molar-refractivity contribution in [2.45, 2.75) is 6.42 Å². The Labute approximate surface area is 215 Å². The molecule has 0 saturated carbocycles. The first kappa shape index (κ1) is 24.4. The van der Waals surface area contributed by atoms with Gasteiger partial charge in [0.05, 0.1) is 40.3 Å². The number of hydrazone groups is 1. The van der Waals surface area contributed by atoms with Crippen molar-refractivity contribution in [1.29, 1.82) is 0 Å². The minimum atomic E-state index is 0.286. The number of hydrogen-bond acceptors (Lipinski definition) is 9. The largest absolute Gasteiger partial charge is 0.493 e. The van der Waals surface area contributed by atoms with Gasteiger partial charge in [-0.05, 0) is 23.8 Å². The zero-order valence-corrected chi connectivity index (χ0v) is 20.9. The molecule has 0 amide bonds. The number of hydrogen-bond donors (Lipinski definition) is 2. The van der Waals surface area contributed by atoms with Gasteiger partial charge in [-0.3, -0.25) is 5.43 Å². The van der Waals surface area contributed by atoms with Gasteiger partial charge in [-0.2, -0.15) is 15.1 Å². The summed E-state index contributed by atoms with van der Waals surface area (Å²) in [5.74, 6) is 2.70. The molecule has 5 rings (SSSR count). The summed E-state index contributed by atoms with van der Waals surface area (Å²) in [5.41, 5.74) is 6.14. The molecule has 0 unspecified atom stereocenters. The maximum absolute atomic E-state index is 5.97. The average molecular weight is 503 g/mol. The Morgan fingerprint density at radius 1 is 1.05 bits per heavy atom. The molecule has 0 bridgehead atoms. The van der Waals surface area contributed by atoms with Crippen molar-refractivity contribution < 1.29 is 18.9 Å². The second kappa shape index (κ2) is 11.6. The third kappa shape index (κ3) is 5.92. The SMILES string of the molecule is COc1ccc(CCOc2nc(N/N=C\c3c[nH]c4ccccc34)cc(N3CCOCC3)n2)cc1OC. The molecule has 10 nitrogen and oxygen atoms in total. The van der Waals surface area contributed by atoms with Crippen molar-refractivity contribution in [1.82, 2.24) is 15.0 Å². The summed E-state index contributed by atoms with van der Waals surface area (Å²) in [6.07, 6.45) is 4.36. The summed E-state index contributed by atoms with van der Waals surface area (Å²) in [5, 5.41) is 5.52. The molecule has 1 saturated heterocycles. The first-order chi connectivity index (χ1) is 18.2. The van der Waals surface area contributed by atoms with Crippen molar-refractivity contribution in [3.05, 3.63) is 65.9 Å². The average Bonchev–Trinajstić information content (AvgIpc) is 3.36. The summed E-state index contributed by atoms with van der Waals surface area (Å²) in [4.78, 5) is 14.6. The highest BCUT2D eigenvalue weighted by atomic mass is 16.5. The molecule has 3 heterocycles. The van der Waals surface area contributed by atoms with Crippen LogP contribution in [-0.4, -0.2) is 68.3 Å². The predicted molar refractivity (Wildman–Crippen MR) is 143 cm³/mol. The maximum atomic E-state index is 5.97. The van der Waals surface area contributed by atoms with Gasteiger partial charge < -0.3 is 28.8 Å². The normalized spacial score (nSPS) is 13.7. The number of benzene rings is 2. The number of H-pyrrole nitrogens is 1. The van der Waals surface area contributed by atoms with Gasteiger partial charge in [0.1, 0.15) is 5.82 Å². The number of rotatable bonds is 10. The van der Waals surface area contributed by atoms with Crippen LogP contribution < -0.4 is 24.5 Å². The summed E-state index contributed by atoms with van der Waals surface area (Å²) in [6, 6.07) is 16.1. The first-order valence-corrected chi connectivity index (χ1v) is 12.1. The minimum Gasteiger partial charge on any atom is -0.493 e. The van der Waals surface area contributed by atoms with Crippen molar-refractivity contribution in [2.75, 3.05) is 57.5 Å². The van der Waals surface area contributed by atoms with Crippen LogP contribution >= 0.6 is 0 Å². The second-order valence-electron chi connectivity index (χ2n) is 8.44. The van der Waals surface area contributed by atoms with Gasteiger partial charge in [-0.25, -0.2) is 0 Å². The van der Waals surface area contributed by atoms with Crippen molar-refractivity contribution in [3.8, 4) is 17.5 Å². The van der Waals surface area contributed by atoms with Crippen LogP contribution in [0.2, 0.25) is 0 Å². The van der Waals surface area contributed by atoms with E-state index in [1.807, 2.05) is 48.7 Å². The summed E-state index contributed by atoms with van der Waals surface area (Å²) >= 11 is 0. The minimum absolute atomic E-state index is 0.286. The monoisotopic (exact) mass is 502 g/mol. The van der Waals surface area contributed by atoms with Crippen LogP contribution in [0.4, 0.5) is 11.6 Å². The standard InChI is InChI=1S/C27H30N6O4/c1-34-23-8-7-19(15-24(23)35-2)9-12-37-27-30-25(16-26(31-27)33-10-13-36-14-11-33)32-29-18-20-17-28-22-6-4-3-5-21(20)22/h3-8,15-18,28H,9-14H2,1-2H3,(H,30,31,32)/b29-18-. The van der Waals surface area contributed by atoms with Gasteiger partial charge in [0.15, 0.2) is 17.3 Å². The van der Waals surface area contributed by atoms with E-state index in [1.165, 1.54) is 0 Å². The van der Waals surface area contributed by atoms with Gasteiger partial charge in [0.25, 0.3) is 0 Å². The molecular formula is C27H30N6O4. The number of aromatic amines is 1. The quantitative estimate of drug-likeness (QED) is 0.249. The summed E-state index contributed by atoms with van der Waals surface area (Å²) < 4.78 is 22.2. The molecule has 1 aliphatic heterocycles. The number of nitrogens with one attached hydrogen (secondary N) is 2. The number of nitrogens with zero attached hydrogens (tertiary/aromatic N) is 4. The first-order valence-electron chi connectivity index (χ1n) is 12.1. The fourth-order valence-electron chi connectivity index (χ4n) is 4.15. The van der Waals surface area contributed by atoms with E-state index in [9.17, 15) is 0 Å². The Balaban J connectivity index is 1.30. The number of fused-ring (bicyclic) bond motifs is 1. The van der Waals surface area contributed by atoms with E-state index in [1.54, 1.807) is 20.4 Å². The summed E-state index contributed by atoms with van der Waals surface area (Å²) in [6.45, 7) is 3.21. The Kier molecular flexibility index (Phi) is 7.66. The molecule has 192 valence electrons. The van der Waals surface area contributed by atoms with E-state index >= 15 is 0 Å². The Hall–Kier alpha value is -4.31. The molecule has 2 aromatic heterocycles. The van der Waals surface area contributed by atoms with Crippen molar-refractivity contribution >= 4 is 28.8 Å². The number of para-hydroxylation sites is 1. The number of morpholine rings is 1. The second-order valence-corrected chi connectivity index (χ2v) is 8.44. The number of aromatic nitrogens is 3.